The molecule has 0 amide bonds. The normalized spacial score (nSPS) is 11.4. The third kappa shape index (κ3) is 2.02. The van der Waals surface area contributed by atoms with Crippen molar-refractivity contribution in [2.45, 2.75) is 4.90 Å². The lowest BCUT2D eigenvalue weighted by atomic mass is 10.4. The zero-order valence-corrected chi connectivity index (χ0v) is 10.8. The first-order valence-electron chi connectivity index (χ1n) is 5.13. The van der Waals surface area contributed by atoms with Gasteiger partial charge in [-0.1, -0.05) is 6.07 Å². The first-order valence-corrected chi connectivity index (χ1v) is 7.02. The largest absolute Gasteiger partial charge is 0.382 e. The van der Waals surface area contributed by atoms with E-state index in [1.807, 2.05) is 0 Å². The van der Waals surface area contributed by atoms with Gasteiger partial charge in [-0.3, -0.25) is 0 Å². The van der Waals surface area contributed by atoms with Crippen molar-refractivity contribution < 1.29 is 8.42 Å². The number of nitrogens with one attached hydrogen (secondary N) is 1. The molecule has 0 fully saturated rings. The van der Waals surface area contributed by atoms with E-state index in [9.17, 15) is 8.42 Å². The standard InChI is InChI=1S/C10H13N5O2S/c1-12-10-8(18(2,16)17)9(11)15(14-10)7-5-3-4-6-13-7/h3-6H,11H2,1-2H3,(H,12,14). The molecule has 7 nitrogen and oxygen atoms in total. The van der Waals surface area contributed by atoms with E-state index in [-0.39, 0.29) is 16.5 Å². The SMILES string of the molecule is CNc1nn(-c2ccccn2)c(N)c1S(C)(=O)=O. The molecule has 8 heteroatoms. The Morgan fingerprint density at radius 1 is 1.39 bits per heavy atom. The van der Waals surface area contributed by atoms with Crippen LogP contribution in [0.25, 0.3) is 5.82 Å². The van der Waals surface area contributed by atoms with E-state index in [1.54, 1.807) is 31.4 Å². The third-order valence-corrected chi connectivity index (χ3v) is 3.49. The van der Waals surface area contributed by atoms with E-state index in [0.29, 0.717) is 5.82 Å². The summed E-state index contributed by atoms with van der Waals surface area (Å²) < 4.78 is 24.7. The smallest absolute Gasteiger partial charge is 0.182 e. The highest BCUT2D eigenvalue weighted by Gasteiger charge is 2.24. The number of nitrogen functional groups attached to an aromatic ring is 1. The van der Waals surface area contributed by atoms with E-state index >= 15 is 0 Å². The van der Waals surface area contributed by atoms with Crippen molar-refractivity contribution in [3.63, 3.8) is 0 Å². The number of sulfone groups is 1. The molecule has 0 aliphatic carbocycles. The number of aromatic nitrogens is 3. The third-order valence-electron chi connectivity index (χ3n) is 2.35. The van der Waals surface area contributed by atoms with Gasteiger partial charge in [0.15, 0.2) is 26.4 Å². The van der Waals surface area contributed by atoms with Crippen LogP contribution in [0.5, 0.6) is 0 Å². The van der Waals surface area contributed by atoms with E-state index in [0.717, 1.165) is 6.26 Å². The summed E-state index contributed by atoms with van der Waals surface area (Å²) in [6, 6.07) is 5.21. The van der Waals surface area contributed by atoms with Gasteiger partial charge in [0.1, 0.15) is 5.82 Å². The van der Waals surface area contributed by atoms with Crippen LogP contribution in [-0.4, -0.2) is 36.5 Å². The Labute approximate surface area is 105 Å². The lowest BCUT2D eigenvalue weighted by molar-refractivity contribution is 0.602. The van der Waals surface area contributed by atoms with Crippen LogP contribution >= 0.6 is 0 Å². The number of hydrogen-bond acceptors (Lipinski definition) is 6. The zero-order valence-electron chi connectivity index (χ0n) is 9.95. The van der Waals surface area contributed by atoms with Crippen molar-refractivity contribution in [2.75, 3.05) is 24.4 Å². The highest BCUT2D eigenvalue weighted by atomic mass is 32.2. The first kappa shape index (κ1) is 12.4. The van der Waals surface area contributed by atoms with Crippen molar-refractivity contribution in [1.82, 2.24) is 14.8 Å². The second kappa shape index (κ2) is 4.30. The molecule has 18 heavy (non-hydrogen) atoms. The molecule has 0 saturated carbocycles. The predicted molar refractivity (Wildman–Crippen MR) is 68.4 cm³/mol. The average molecular weight is 267 g/mol. The fourth-order valence-electron chi connectivity index (χ4n) is 1.60. The molecule has 3 N–H and O–H groups in total. The molecule has 0 atom stereocenters. The summed E-state index contributed by atoms with van der Waals surface area (Å²) in [5.74, 6) is 0.711. The number of pyridine rings is 1. The molecule has 0 saturated heterocycles. The molecule has 2 aromatic rings. The monoisotopic (exact) mass is 267 g/mol. The number of hydrogen-bond donors (Lipinski definition) is 2. The van der Waals surface area contributed by atoms with Gasteiger partial charge in [0.2, 0.25) is 0 Å². The Kier molecular flexibility index (Phi) is 2.95. The van der Waals surface area contributed by atoms with Crippen LogP contribution in [0.2, 0.25) is 0 Å². The number of anilines is 2. The van der Waals surface area contributed by atoms with Gasteiger partial charge in [0.25, 0.3) is 0 Å². The van der Waals surface area contributed by atoms with Gasteiger partial charge < -0.3 is 11.1 Å². The maximum Gasteiger partial charge on any atom is 0.182 e. The van der Waals surface area contributed by atoms with Gasteiger partial charge in [0, 0.05) is 19.5 Å². The van der Waals surface area contributed by atoms with Crippen LogP contribution in [0.15, 0.2) is 29.3 Å². The molecule has 0 aromatic carbocycles. The first-order chi connectivity index (χ1) is 8.45. The van der Waals surface area contributed by atoms with Gasteiger partial charge in [-0.25, -0.2) is 13.4 Å². The summed E-state index contributed by atoms with van der Waals surface area (Å²) in [4.78, 5) is 4.06. The topological polar surface area (TPSA) is 103 Å². The molecule has 2 rings (SSSR count). The predicted octanol–water partition coefficient (Wildman–Crippen LogP) is 0.295. The fraction of sp³-hybridized carbons (Fsp3) is 0.200. The average Bonchev–Trinajstić information content (AvgIpc) is 2.67. The van der Waals surface area contributed by atoms with Crippen LogP contribution in [0.3, 0.4) is 0 Å². The fourth-order valence-corrected chi connectivity index (χ4v) is 2.56. The van der Waals surface area contributed by atoms with Gasteiger partial charge in [-0.2, -0.15) is 4.68 Å². The van der Waals surface area contributed by atoms with Crippen LogP contribution in [0.4, 0.5) is 11.6 Å². The summed E-state index contributed by atoms with van der Waals surface area (Å²) in [6.45, 7) is 0. The number of nitrogens with zero attached hydrogens (tertiary/aromatic N) is 3. The second-order valence-corrected chi connectivity index (χ2v) is 5.64. The summed E-state index contributed by atoms with van der Waals surface area (Å²) in [7, 11) is -1.88. The summed E-state index contributed by atoms with van der Waals surface area (Å²) in [5, 5.41) is 6.82. The summed E-state index contributed by atoms with van der Waals surface area (Å²) >= 11 is 0. The highest BCUT2D eigenvalue weighted by Crippen LogP contribution is 2.28. The summed E-state index contributed by atoms with van der Waals surface area (Å²) in [5.41, 5.74) is 5.84. The zero-order chi connectivity index (χ0) is 13.3. The minimum Gasteiger partial charge on any atom is -0.382 e. The Balaban J connectivity index is 2.70. The van der Waals surface area contributed by atoms with Crippen molar-refractivity contribution in [1.29, 1.82) is 0 Å². The molecule has 2 aromatic heterocycles. The lowest BCUT2D eigenvalue weighted by Crippen LogP contribution is -2.06. The van der Waals surface area contributed by atoms with Crippen molar-refractivity contribution in [3.8, 4) is 5.82 Å². The quantitative estimate of drug-likeness (QED) is 0.828. The molecular formula is C10H13N5O2S. The van der Waals surface area contributed by atoms with E-state index in [4.69, 9.17) is 5.73 Å². The molecule has 0 spiro atoms. The Morgan fingerprint density at radius 3 is 2.56 bits per heavy atom. The van der Waals surface area contributed by atoms with E-state index < -0.39 is 9.84 Å². The molecule has 0 aliphatic heterocycles. The minimum atomic E-state index is -3.46. The Morgan fingerprint density at radius 2 is 2.11 bits per heavy atom. The van der Waals surface area contributed by atoms with Crippen LogP contribution in [-0.2, 0) is 9.84 Å². The molecule has 0 aliphatic rings. The van der Waals surface area contributed by atoms with Crippen LogP contribution in [0, 0.1) is 0 Å². The maximum atomic E-state index is 11.7. The highest BCUT2D eigenvalue weighted by molar-refractivity contribution is 7.91. The molecule has 0 unspecified atom stereocenters. The van der Waals surface area contributed by atoms with E-state index in [1.165, 1.54) is 4.68 Å². The van der Waals surface area contributed by atoms with Crippen LogP contribution < -0.4 is 11.1 Å². The number of rotatable bonds is 3. The van der Waals surface area contributed by atoms with Crippen molar-refractivity contribution in [2.24, 2.45) is 0 Å². The van der Waals surface area contributed by atoms with Gasteiger partial charge >= 0.3 is 0 Å². The minimum absolute atomic E-state index is 0.0179. The molecule has 2 heterocycles. The Bertz CT molecular complexity index is 663. The maximum absolute atomic E-state index is 11.7. The van der Waals surface area contributed by atoms with Crippen LogP contribution in [0.1, 0.15) is 0 Å². The van der Waals surface area contributed by atoms with E-state index in [2.05, 4.69) is 15.4 Å². The van der Waals surface area contributed by atoms with Crippen molar-refractivity contribution >= 4 is 21.5 Å². The van der Waals surface area contributed by atoms with Gasteiger partial charge in [-0.05, 0) is 12.1 Å². The lowest BCUT2D eigenvalue weighted by Gasteiger charge is -2.02. The molecule has 96 valence electrons. The second-order valence-electron chi connectivity index (χ2n) is 3.68. The molecule has 0 bridgehead atoms. The molecule has 0 radical (unpaired) electrons. The van der Waals surface area contributed by atoms with Crippen molar-refractivity contribution in [3.05, 3.63) is 24.4 Å². The number of nitrogens with two attached hydrogens (primary N) is 1. The van der Waals surface area contributed by atoms with Gasteiger partial charge in [0.05, 0.1) is 0 Å². The Hall–Kier alpha value is -2.09. The summed E-state index contributed by atoms with van der Waals surface area (Å²) in [6.07, 6.45) is 2.67. The van der Waals surface area contributed by atoms with Gasteiger partial charge in [-0.15, -0.1) is 5.10 Å². The molecular weight excluding hydrogens is 254 g/mol.